The molecule has 1 fully saturated rings. The molecule has 1 aromatic carbocycles. The summed E-state index contributed by atoms with van der Waals surface area (Å²) in [5, 5.41) is 13.4. The lowest BCUT2D eigenvalue weighted by atomic mass is 9.96. The van der Waals surface area contributed by atoms with E-state index in [2.05, 4.69) is 36.2 Å². The van der Waals surface area contributed by atoms with Gasteiger partial charge in [0.25, 0.3) is 5.56 Å². The fraction of sp³-hybridized carbons (Fsp3) is 0.286. The average Bonchev–Trinajstić information content (AvgIpc) is 2.76. The van der Waals surface area contributed by atoms with Crippen LogP contribution in [0.4, 0.5) is 5.95 Å². The van der Waals surface area contributed by atoms with Gasteiger partial charge in [-0.25, -0.2) is 9.97 Å². The molecule has 4 aromatic rings. The van der Waals surface area contributed by atoms with Gasteiger partial charge in [0.05, 0.1) is 22.6 Å². The number of H-pyrrole nitrogens is 1. The van der Waals surface area contributed by atoms with Crippen molar-refractivity contribution in [3.05, 3.63) is 55.0 Å². The second kappa shape index (κ2) is 7.22. The van der Waals surface area contributed by atoms with Gasteiger partial charge in [-0.15, -0.1) is 0 Å². The van der Waals surface area contributed by atoms with Gasteiger partial charge in [-0.1, -0.05) is 35.2 Å². The van der Waals surface area contributed by atoms with Crippen LogP contribution in [-0.4, -0.2) is 25.4 Å². The number of rotatable bonds is 2. The van der Waals surface area contributed by atoms with Gasteiger partial charge in [0.15, 0.2) is 0 Å². The Bertz CT molecular complexity index is 1480. The third-order valence-electron chi connectivity index (χ3n) is 5.63. The molecule has 0 spiro atoms. The molecule has 0 bridgehead atoms. The van der Waals surface area contributed by atoms with Gasteiger partial charge in [0, 0.05) is 10.5 Å². The molecule has 150 valence electrons. The quantitative estimate of drug-likeness (QED) is 0.346. The maximum Gasteiger partial charge on any atom is 0.266 e. The fourth-order valence-electron chi connectivity index (χ4n) is 4.15. The van der Waals surface area contributed by atoms with Crippen molar-refractivity contribution >= 4 is 49.5 Å². The molecule has 1 aliphatic carbocycles. The van der Waals surface area contributed by atoms with E-state index in [1.165, 1.54) is 17.0 Å². The zero-order valence-electron chi connectivity index (χ0n) is 15.9. The number of halogens is 1. The Balaban J connectivity index is 1.80. The van der Waals surface area contributed by atoms with E-state index in [0.29, 0.717) is 16.9 Å². The minimum Gasteiger partial charge on any atom is -0.351 e. The van der Waals surface area contributed by atoms with E-state index in [0.717, 1.165) is 30.2 Å². The summed E-state index contributed by atoms with van der Waals surface area (Å²) in [5.74, 6) is 0.343. The summed E-state index contributed by atoms with van der Waals surface area (Å²) < 4.78 is 2.06. The molecule has 8 nitrogen and oxygen atoms in total. The number of nitrogens with one attached hydrogen (secondary N) is 2. The molecule has 5 rings (SSSR count). The average molecular weight is 465 g/mol. The second-order valence-corrected chi connectivity index (χ2v) is 8.44. The maximum absolute atomic E-state index is 13.3. The molecule has 0 radical (unpaired) electrons. The largest absolute Gasteiger partial charge is 0.351 e. The molecule has 1 saturated carbocycles. The minimum absolute atomic E-state index is 0.0530. The minimum atomic E-state index is -0.520. The van der Waals surface area contributed by atoms with Gasteiger partial charge < -0.3 is 10.3 Å². The molecule has 1 aliphatic rings. The summed E-state index contributed by atoms with van der Waals surface area (Å²) in [6.45, 7) is 0. The lowest BCUT2D eigenvalue weighted by Crippen LogP contribution is -2.25. The van der Waals surface area contributed by atoms with Crippen molar-refractivity contribution in [2.24, 2.45) is 0 Å². The maximum atomic E-state index is 13.3. The van der Waals surface area contributed by atoms with Crippen molar-refractivity contribution in [3.8, 4) is 6.07 Å². The van der Waals surface area contributed by atoms with E-state index in [9.17, 15) is 14.9 Å². The smallest absolute Gasteiger partial charge is 0.266 e. The van der Waals surface area contributed by atoms with E-state index in [4.69, 9.17) is 0 Å². The van der Waals surface area contributed by atoms with E-state index in [1.54, 1.807) is 18.2 Å². The summed E-state index contributed by atoms with van der Waals surface area (Å²) >= 11 is 3.38. The van der Waals surface area contributed by atoms with Crippen LogP contribution in [-0.2, 0) is 0 Å². The molecule has 0 aliphatic heterocycles. The Kier molecular flexibility index (Phi) is 4.51. The second-order valence-electron chi connectivity index (χ2n) is 7.53. The summed E-state index contributed by atoms with van der Waals surface area (Å²) in [7, 11) is 0. The summed E-state index contributed by atoms with van der Waals surface area (Å²) in [5.41, 5.74) is -0.0107. The summed E-state index contributed by atoms with van der Waals surface area (Å²) in [4.78, 5) is 38.1. The summed E-state index contributed by atoms with van der Waals surface area (Å²) in [6.07, 6.45) is 7.05. The molecule has 0 saturated heterocycles. The number of nitrogens with zero attached hydrogens (tertiary/aromatic N) is 4. The standard InChI is InChI=1S/C21H17BrN6O2/c22-11-6-7-15-13(8-11)20(30)28-16-10-24-21(25-12-4-2-1-3-5-12)27-17(16)18(29)14(9-23)19(28)26-15/h6-8,10,12,26H,1-5H2,(H,24,25,27). The van der Waals surface area contributed by atoms with E-state index in [1.807, 2.05) is 6.07 Å². The molecule has 9 heteroatoms. The Hall–Kier alpha value is -3.25. The first-order valence-electron chi connectivity index (χ1n) is 9.80. The number of pyridine rings is 1. The molecule has 30 heavy (non-hydrogen) atoms. The van der Waals surface area contributed by atoms with Gasteiger partial charge in [-0.05, 0) is 31.0 Å². The van der Waals surface area contributed by atoms with Crippen LogP contribution in [0.3, 0.4) is 0 Å². The SMILES string of the molecule is N#Cc1c(=O)c2nc(NC3CCCCC3)ncc2n2c(=O)c3cc(Br)ccc3[nH]c12. The highest BCUT2D eigenvalue weighted by atomic mass is 79.9. The lowest BCUT2D eigenvalue weighted by Gasteiger charge is -2.22. The van der Waals surface area contributed by atoms with Crippen molar-refractivity contribution in [1.82, 2.24) is 19.4 Å². The van der Waals surface area contributed by atoms with Crippen LogP contribution < -0.4 is 16.3 Å². The van der Waals surface area contributed by atoms with Crippen molar-refractivity contribution in [1.29, 1.82) is 5.26 Å². The molecule has 3 aromatic heterocycles. The van der Waals surface area contributed by atoms with Crippen LogP contribution in [0.5, 0.6) is 0 Å². The zero-order valence-corrected chi connectivity index (χ0v) is 17.5. The predicted octanol–water partition coefficient (Wildman–Crippen LogP) is 3.46. The van der Waals surface area contributed by atoms with Crippen LogP contribution in [0.15, 0.2) is 38.5 Å². The van der Waals surface area contributed by atoms with Gasteiger partial charge in [-0.3, -0.25) is 14.0 Å². The number of fused-ring (bicyclic) bond motifs is 4. The number of nitriles is 1. The van der Waals surface area contributed by atoms with Gasteiger partial charge in [0.1, 0.15) is 22.8 Å². The lowest BCUT2D eigenvalue weighted by molar-refractivity contribution is 0.461. The first-order valence-corrected chi connectivity index (χ1v) is 10.6. The van der Waals surface area contributed by atoms with E-state index in [-0.39, 0.29) is 33.8 Å². The first kappa shape index (κ1) is 18.8. The Morgan fingerprint density at radius 3 is 2.80 bits per heavy atom. The third kappa shape index (κ3) is 2.95. The van der Waals surface area contributed by atoms with Crippen molar-refractivity contribution in [3.63, 3.8) is 0 Å². The molecule has 2 N–H and O–H groups in total. The van der Waals surface area contributed by atoms with Gasteiger partial charge in [0.2, 0.25) is 11.4 Å². The third-order valence-corrected chi connectivity index (χ3v) is 6.12. The molecule has 3 heterocycles. The number of aromatic amines is 1. The van der Waals surface area contributed by atoms with Crippen molar-refractivity contribution < 1.29 is 0 Å². The van der Waals surface area contributed by atoms with Crippen LogP contribution in [0.2, 0.25) is 0 Å². The topological polar surface area (TPSA) is 116 Å². The molecular weight excluding hydrogens is 448 g/mol. The first-order chi connectivity index (χ1) is 14.6. The highest BCUT2D eigenvalue weighted by Crippen LogP contribution is 2.22. The highest BCUT2D eigenvalue weighted by molar-refractivity contribution is 9.10. The monoisotopic (exact) mass is 464 g/mol. The van der Waals surface area contributed by atoms with Crippen molar-refractivity contribution in [2.45, 2.75) is 38.1 Å². The van der Waals surface area contributed by atoms with Crippen LogP contribution in [0, 0.1) is 11.3 Å². The number of hydrogen-bond donors (Lipinski definition) is 2. The Morgan fingerprint density at radius 1 is 1.23 bits per heavy atom. The molecule has 0 amide bonds. The molecule has 0 unspecified atom stereocenters. The van der Waals surface area contributed by atoms with E-state index >= 15 is 0 Å². The number of hydrogen-bond acceptors (Lipinski definition) is 6. The summed E-state index contributed by atoms with van der Waals surface area (Å²) in [6, 6.07) is 7.41. The van der Waals surface area contributed by atoms with E-state index < -0.39 is 5.43 Å². The highest BCUT2D eigenvalue weighted by Gasteiger charge is 2.19. The normalized spacial score (nSPS) is 14.9. The van der Waals surface area contributed by atoms with Gasteiger partial charge >= 0.3 is 0 Å². The van der Waals surface area contributed by atoms with Gasteiger partial charge in [-0.2, -0.15) is 5.26 Å². The van der Waals surface area contributed by atoms with Crippen molar-refractivity contribution in [2.75, 3.05) is 5.32 Å². The zero-order chi connectivity index (χ0) is 20.8. The fourth-order valence-corrected chi connectivity index (χ4v) is 4.51. The predicted molar refractivity (Wildman–Crippen MR) is 118 cm³/mol. The number of benzene rings is 1. The molecule has 0 atom stereocenters. The van der Waals surface area contributed by atoms with Crippen LogP contribution >= 0.6 is 15.9 Å². The van der Waals surface area contributed by atoms with Crippen LogP contribution in [0.1, 0.15) is 37.7 Å². The number of aromatic nitrogens is 4. The Morgan fingerprint density at radius 2 is 2.03 bits per heavy atom. The molecular formula is C21H17BrN6O2. The van der Waals surface area contributed by atoms with Crippen LogP contribution in [0.25, 0.3) is 27.6 Å². The Labute approximate surface area is 178 Å². The number of anilines is 1.